The van der Waals surface area contributed by atoms with E-state index in [0.29, 0.717) is 47.2 Å². The summed E-state index contributed by atoms with van der Waals surface area (Å²) in [4.78, 5) is 18.0. The van der Waals surface area contributed by atoms with Crippen LogP contribution < -0.4 is 23.7 Å². The number of fused-ring (bicyclic) bond motifs is 2. The fraction of sp³-hybridized carbons (Fsp3) is 0.311. The smallest absolute Gasteiger partial charge is 0.338 e. The van der Waals surface area contributed by atoms with E-state index >= 15 is 0 Å². The molecule has 54 heavy (non-hydrogen) atoms. The van der Waals surface area contributed by atoms with Crippen molar-refractivity contribution in [1.82, 2.24) is 9.80 Å². The van der Waals surface area contributed by atoms with Gasteiger partial charge in [0.15, 0.2) is 23.0 Å². The van der Waals surface area contributed by atoms with E-state index in [4.69, 9.17) is 28.4 Å². The van der Waals surface area contributed by atoms with E-state index in [0.717, 1.165) is 59.7 Å². The van der Waals surface area contributed by atoms with Crippen molar-refractivity contribution in [2.45, 2.75) is 44.4 Å². The molecule has 9 nitrogen and oxygen atoms in total. The number of benzene rings is 5. The second-order valence-electron chi connectivity index (χ2n) is 14.3. The Hall–Kier alpha value is -5.51. The van der Waals surface area contributed by atoms with E-state index in [-0.39, 0.29) is 18.7 Å². The van der Waals surface area contributed by atoms with Gasteiger partial charge in [0.2, 0.25) is 5.75 Å². The van der Waals surface area contributed by atoms with E-state index in [1.165, 1.54) is 16.7 Å². The molecule has 4 aliphatic rings. The van der Waals surface area contributed by atoms with Crippen molar-refractivity contribution in [1.29, 1.82) is 0 Å². The highest BCUT2D eigenvalue weighted by atomic mass is 16.5. The highest BCUT2D eigenvalue weighted by molar-refractivity contribution is 5.89. The largest absolute Gasteiger partial charge is 0.493 e. The molecule has 0 aromatic heterocycles. The summed E-state index contributed by atoms with van der Waals surface area (Å²) in [6, 6.07) is 30.0. The average Bonchev–Trinajstić information content (AvgIpc) is 3.19. The van der Waals surface area contributed by atoms with Crippen LogP contribution in [0.4, 0.5) is 0 Å². The second-order valence-corrected chi connectivity index (χ2v) is 14.3. The number of hydrogen-bond acceptors (Lipinski definition) is 9. The Bertz CT molecular complexity index is 2170. The molecule has 0 N–H and O–H groups in total. The molecule has 0 amide bonds. The third-order valence-corrected chi connectivity index (χ3v) is 11.2. The molecular formula is C45H46N2O7. The first kappa shape index (κ1) is 35.5. The molecule has 5 aromatic rings. The Balaban J connectivity index is 1.32. The normalized spacial score (nSPS) is 17.9. The summed E-state index contributed by atoms with van der Waals surface area (Å²) >= 11 is 0. The molecule has 5 aromatic carbocycles. The maximum absolute atomic E-state index is 13.2. The van der Waals surface area contributed by atoms with E-state index < -0.39 is 5.97 Å². The molecule has 0 spiro atoms. The van der Waals surface area contributed by atoms with Crippen molar-refractivity contribution < 1.29 is 33.2 Å². The molecule has 4 heterocycles. The molecule has 0 saturated heterocycles. The fourth-order valence-electron chi connectivity index (χ4n) is 8.25. The van der Waals surface area contributed by atoms with Gasteiger partial charge < -0.3 is 28.4 Å². The van der Waals surface area contributed by atoms with Gasteiger partial charge in [-0.2, -0.15) is 0 Å². The van der Waals surface area contributed by atoms with Crippen LogP contribution in [0.15, 0.2) is 91.0 Å². The standard InChI is InChI=1S/C45H46N2O7/c1-46-21-19-30-14-17-33-26-35(30)37(46)23-28-11-15-32(16-12-28)53-40-25-29(13-18-39(40)49-3)24-38-41-34(20-22-47(38)2)36(42(50-4)44(51-5)43(41)54-33)27-52-45(48)31-9-7-6-8-10-31/h6-18,25-26,37-38H,19-24,27H2,1-5H3/t37-,38-/m0/s1. The number of carbonyl (C=O) groups is 1. The molecule has 2 atom stereocenters. The highest BCUT2D eigenvalue weighted by Crippen LogP contribution is 2.53. The average molecular weight is 727 g/mol. The third kappa shape index (κ3) is 6.74. The van der Waals surface area contributed by atoms with Crippen LogP contribution in [0.2, 0.25) is 0 Å². The lowest BCUT2D eigenvalue weighted by Crippen LogP contribution is -2.35. The number of esters is 1. The zero-order valence-corrected chi connectivity index (χ0v) is 31.5. The minimum absolute atomic E-state index is 0.0121. The van der Waals surface area contributed by atoms with Crippen molar-refractivity contribution in [2.75, 3.05) is 48.5 Å². The zero-order chi connectivity index (χ0) is 37.3. The summed E-state index contributed by atoms with van der Waals surface area (Å²) in [7, 11) is 9.24. The first-order chi connectivity index (χ1) is 26.3. The Kier molecular flexibility index (Phi) is 9.92. The van der Waals surface area contributed by atoms with Crippen LogP contribution in [-0.2, 0) is 37.0 Å². The lowest BCUT2D eigenvalue weighted by molar-refractivity contribution is 0.0467. The Morgan fingerprint density at radius 3 is 2.19 bits per heavy atom. The van der Waals surface area contributed by atoms with Gasteiger partial charge >= 0.3 is 5.97 Å². The number of rotatable bonds is 6. The number of likely N-dealkylation sites (N-methyl/N-ethyl adjacent to an activating group) is 2. The molecule has 9 rings (SSSR count). The summed E-state index contributed by atoms with van der Waals surface area (Å²) in [5, 5.41) is 0. The van der Waals surface area contributed by atoms with Crippen LogP contribution in [0, 0.1) is 0 Å². The molecule has 0 radical (unpaired) electrons. The van der Waals surface area contributed by atoms with Crippen molar-refractivity contribution >= 4 is 5.97 Å². The van der Waals surface area contributed by atoms with E-state index in [1.54, 1.807) is 33.5 Å². The molecular weight excluding hydrogens is 681 g/mol. The van der Waals surface area contributed by atoms with Crippen molar-refractivity contribution in [3.8, 4) is 40.2 Å². The summed E-state index contributed by atoms with van der Waals surface area (Å²) in [6.45, 7) is 1.75. The van der Waals surface area contributed by atoms with Gasteiger partial charge in [0.05, 0.1) is 26.9 Å². The predicted octanol–water partition coefficient (Wildman–Crippen LogP) is 8.51. The van der Waals surface area contributed by atoms with Gasteiger partial charge in [-0.05, 0) is 116 Å². The molecule has 0 unspecified atom stereocenters. The number of hydrogen-bond donors (Lipinski definition) is 0. The monoisotopic (exact) mass is 726 g/mol. The predicted molar refractivity (Wildman–Crippen MR) is 207 cm³/mol. The topological polar surface area (TPSA) is 78.9 Å². The molecule has 4 aliphatic heterocycles. The van der Waals surface area contributed by atoms with E-state index in [2.05, 4.69) is 66.4 Å². The molecule has 0 fully saturated rings. The van der Waals surface area contributed by atoms with Gasteiger partial charge in [-0.25, -0.2) is 4.79 Å². The van der Waals surface area contributed by atoms with Gasteiger partial charge in [0, 0.05) is 36.3 Å². The van der Waals surface area contributed by atoms with Crippen LogP contribution in [-0.4, -0.2) is 64.3 Å². The van der Waals surface area contributed by atoms with Crippen LogP contribution in [0.5, 0.6) is 40.2 Å². The lowest BCUT2D eigenvalue weighted by atomic mass is 9.84. The van der Waals surface area contributed by atoms with Crippen LogP contribution in [0.3, 0.4) is 0 Å². The zero-order valence-electron chi connectivity index (χ0n) is 31.5. The fourth-order valence-corrected chi connectivity index (χ4v) is 8.25. The van der Waals surface area contributed by atoms with Crippen molar-refractivity contribution in [3.05, 3.63) is 136 Å². The van der Waals surface area contributed by atoms with Gasteiger partial charge in [-0.15, -0.1) is 0 Å². The van der Waals surface area contributed by atoms with Crippen LogP contribution in [0.1, 0.15) is 61.4 Å². The second kappa shape index (κ2) is 15.1. The number of nitrogens with zero attached hydrogens (tertiary/aromatic N) is 2. The Morgan fingerprint density at radius 2 is 1.43 bits per heavy atom. The van der Waals surface area contributed by atoms with Gasteiger partial charge in [0.1, 0.15) is 18.1 Å². The first-order valence-electron chi connectivity index (χ1n) is 18.5. The Labute approximate surface area is 316 Å². The summed E-state index contributed by atoms with van der Waals surface area (Å²) in [6.07, 6.45) is 3.13. The lowest BCUT2D eigenvalue weighted by Gasteiger charge is -2.38. The van der Waals surface area contributed by atoms with Gasteiger partial charge in [-0.1, -0.05) is 42.5 Å². The van der Waals surface area contributed by atoms with Crippen molar-refractivity contribution in [3.63, 3.8) is 0 Å². The first-order valence-corrected chi connectivity index (χ1v) is 18.5. The van der Waals surface area contributed by atoms with E-state index in [1.807, 2.05) is 36.4 Å². The third-order valence-electron chi connectivity index (χ3n) is 11.2. The highest BCUT2D eigenvalue weighted by Gasteiger charge is 2.37. The summed E-state index contributed by atoms with van der Waals surface area (Å²) in [5.74, 6) is 3.92. The maximum Gasteiger partial charge on any atom is 0.338 e. The number of ether oxygens (including phenoxy) is 6. The molecule has 6 bridgehead atoms. The summed E-state index contributed by atoms with van der Waals surface area (Å²) in [5.41, 5.74) is 8.12. The SMILES string of the molecule is COc1ccc2cc1Oc1ccc(cc1)C[C@H]1c3cc(ccc3CCN1C)Oc1c(OC)c(OC)c(COC(=O)c3ccccc3)c3c1[C@H](C2)N(C)CC3. The molecule has 278 valence electrons. The van der Waals surface area contributed by atoms with Crippen LogP contribution >= 0.6 is 0 Å². The maximum atomic E-state index is 13.2. The minimum Gasteiger partial charge on any atom is -0.493 e. The Morgan fingerprint density at radius 1 is 0.722 bits per heavy atom. The van der Waals surface area contributed by atoms with Crippen molar-refractivity contribution in [2.24, 2.45) is 0 Å². The van der Waals surface area contributed by atoms with Crippen LogP contribution in [0.25, 0.3) is 0 Å². The number of methoxy groups -OCH3 is 3. The van der Waals surface area contributed by atoms with Gasteiger partial charge in [0.25, 0.3) is 0 Å². The quantitative estimate of drug-likeness (QED) is 0.160. The van der Waals surface area contributed by atoms with E-state index in [9.17, 15) is 4.79 Å². The molecule has 0 saturated carbocycles. The summed E-state index contributed by atoms with van der Waals surface area (Å²) < 4.78 is 37.7. The van der Waals surface area contributed by atoms with Gasteiger partial charge in [-0.3, -0.25) is 9.80 Å². The number of carbonyl (C=O) groups excluding carboxylic acids is 1. The molecule has 0 aliphatic carbocycles. The molecule has 9 heteroatoms. The minimum atomic E-state index is -0.405.